The third-order valence-electron chi connectivity index (χ3n) is 5.07. The van der Waals surface area contributed by atoms with Gasteiger partial charge in [0.1, 0.15) is 5.75 Å². The van der Waals surface area contributed by atoms with Crippen LogP contribution >= 0.6 is 39.1 Å². The minimum absolute atomic E-state index is 0.202. The molecule has 112 valence electrons. The zero-order valence-electron chi connectivity index (χ0n) is 12.6. The van der Waals surface area contributed by atoms with Crippen LogP contribution in [0.1, 0.15) is 45.0 Å². The first-order valence-electron chi connectivity index (χ1n) is 6.90. The fraction of sp³-hybridized carbons (Fsp3) is 0.625. The van der Waals surface area contributed by atoms with E-state index in [0.29, 0.717) is 28.3 Å². The number of alkyl halides is 1. The maximum absolute atomic E-state index is 6.42. The van der Waals surface area contributed by atoms with Crippen LogP contribution in [0, 0.1) is 16.7 Å². The summed E-state index contributed by atoms with van der Waals surface area (Å²) in [7, 11) is 0. The second-order valence-electron chi connectivity index (χ2n) is 6.56. The Kier molecular flexibility index (Phi) is 4.42. The molecule has 0 spiro atoms. The van der Waals surface area contributed by atoms with E-state index in [1.54, 1.807) is 0 Å². The molecule has 0 N–H and O–H groups in total. The molecular weight excluding hydrogens is 359 g/mol. The van der Waals surface area contributed by atoms with Crippen LogP contribution < -0.4 is 4.74 Å². The Labute approximate surface area is 140 Å². The minimum atomic E-state index is 0.202. The maximum Gasteiger partial charge on any atom is 0.139 e. The lowest BCUT2D eigenvalue weighted by molar-refractivity contribution is 0.340. The Morgan fingerprint density at radius 1 is 1.15 bits per heavy atom. The average molecular weight is 380 g/mol. The largest absolute Gasteiger partial charge is 0.492 e. The van der Waals surface area contributed by atoms with Crippen LogP contribution in [0.25, 0.3) is 0 Å². The van der Waals surface area contributed by atoms with E-state index in [-0.39, 0.29) is 15.7 Å². The average Bonchev–Trinajstić information content (AvgIpc) is 2.73. The molecule has 1 aliphatic rings. The van der Waals surface area contributed by atoms with Crippen molar-refractivity contribution in [1.82, 2.24) is 0 Å². The molecule has 4 heteroatoms. The molecule has 0 amide bonds. The SMILES string of the molecule is CCOc1cc(Cl)c(C(Br)C2C(C)(C)C2(C)C)cc1Cl. The Bertz CT molecular complexity index is 511. The summed E-state index contributed by atoms with van der Waals surface area (Å²) >= 11 is 16.5. The molecule has 0 radical (unpaired) electrons. The summed E-state index contributed by atoms with van der Waals surface area (Å²) in [6.07, 6.45) is 0. The fourth-order valence-electron chi connectivity index (χ4n) is 3.18. The molecule has 0 heterocycles. The summed E-state index contributed by atoms with van der Waals surface area (Å²) in [5.41, 5.74) is 1.62. The van der Waals surface area contributed by atoms with E-state index in [9.17, 15) is 0 Å². The van der Waals surface area contributed by atoms with E-state index < -0.39 is 0 Å². The third-order valence-corrected chi connectivity index (χ3v) is 6.72. The molecular formula is C16H21BrCl2O. The van der Waals surface area contributed by atoms with Crippen molar-refractivity contribution >= 4 is 39.1 Å². The summed E-state index contributed by atoms with van der Waals surface area (Å²) < 4.78 is 5.48. The molecule has 20 heavy (non-hydrogen) atoms. The summed E-state index contributed by atoms with van der Waals surface area (Å²) in [6, 6.07) is 3.75. The lowest BCUT2D eigenvalue weighted by Gasteiger charge is -2.16. The Morgan fingerprint density at radius 2 is 1.70 bits per heavy atom. The van der Waals surface area contributed by atoms with Crippen LogP contribution in [0.3, 0.4) is 0 Å². The van der Waals surface area contributed by atoms with Crippen LogP contribution in [-0.2, 0) is 0 Å². The van der Waals surface area contributed by atoms with Crippen LogP contribution in [0.4, 0.5) is 0 Å². The number of hydrogen-bond acceptors (Lipinski definition) is 1. The van der Waals surface area contributed by atoms with Gasteiger partial charge in [-0.25, -0.2) is 0 Å². The van der Waals surface area contributed by atoms with Crippen molar-refractivity contribution in [3.05, 3.63) is 27.7 Å². The fourth-order valence-corrected chi connectivity index (χ4v) is 5.51. The lowest BCUT2D eigenvalue weighted by atomic mass is 10.0. The van der Waals surface area contributed by atoms with Gasteiger partial charge in [0.05, 0.1) is 11.6 Å². The standard InChI is InChI=1S/C16H21BrCl2O/c1-6-20-12-8-10(18)9(7-11(12)19)13(17)14-15(2,3)16(14,4)5/h7-8,13-14H,6H2,1-5H3. The first-order chi connectivity index (χ1) is 9.14. The maximum atomic E-state index is 6.42. The monoisotopic (exact) mass is 378 g/mol. The van der Waals surface area contributed by atoms with Crippen molar-refractivity contribution < 1.29 is 4.74 Å². The predicted octanol–water partition coefficient (Wildman–Crippen LogP) is 6.51. The highest BCUT2D eigenvalue weighted by Crippen LogP contribution is 2.74. The zero-order chi connectivity index (χ0) is 15.3. The molecule has 0 bridgehead atoms. The molecule has 1 unspecified atom stereocenters. The summed E-state index contributed by atoms with van der Waals surface area (Å²) in [6.45, 7) is 11.7. The van der Waals surface area contributed by atoms with E-state index in [2.05, 4.69) is 43.6 Å². The first kappa shape index (κ1) is 16.5. The van der Waals surface area contributed by atoms with Gasteiger partial charge < -0.3 is 4.74 Å². The normalized spacial score (nSPS) is 21.6. The summed E-state index contributed by atoms with van der Waals surface area (Å²) in [5.74, 6) is 1.18. The minimum Gasteiger partial charge on any atom is -0.492 e. The second kappa shape index (κ2) is 5.37. The molecule has 1 fully saturated rings. The second-order valence-corrected chi connectivity index (χ2v) is 8.36. The van der Waals surface area contributed by atoms with Gasteiger partial charge in [-0.15, -0.1) is 0 Å². The van der Waals surface area contributed by atoms with Gasteiger partial charge in [0.2, 0.25) is 0 Å². The number of rotatable bonds is 4. The van der Waals surface area contributed by atoms with Crippen molar-refractivity contribution in [3.63, 3.8) is 0 Å². The van der Waals surface area contributed by atoms with Crippen LogP contribution in [0.15, 0.2) is 12.1 Å². The van der Waals surface area contributed by atoms with Crippen LogP contribution in [0.2, 0.25) is 10.0 Å². The highest BCUT2D eigenvalue weighted by atomic mass is 79.9. The number of benzene rings is 1. The molecule has 1 atom stereocenters. The van der Waals surface area contributed by atoms with Crippen molar-refractivity contribution in [2.24, 2.45) is 16.7 Å². The quantitative estimate of drug-likeness (QED) is 0.541. The van der Waals surface area contributed by atoms with E-state index in [1.807, 2.05) is 19.1 Å². The van der Waals surface area contributed by atoms with Gasteiger partial charge in [0.25, 0.3) is 0 Å². The third kappa shape index (κ3) is 2.48. The molecule has 1 saturated carbocycles. The van der Waals surface area contributed by atoms with E-state index in [4.69, 9.17) is 27.9 Å². The molecule has 0 aromatic heterocycles. The van der Waals surface area contributed by atoms with Gasteiger partial charge in [-0.05, 0) is 35.3 Å². The zero-order valence-corrected chi connectivity index (χ0v) is 15.7. The Morgan fingerprint density at radius 3 is 2.15 bits per heavy atom. The number of halogens is 3. The summed E-state index contributed by atoms with van der Waals surface area (Å²) in [5, 5.41) is 1.32. The highest BCUT2D eigenvalue weighted by molar-refractivity contribution is 9.09. The van der Waals surface area contributed by atoms with Gasteiger partial charge in [-0.1, -0.05) is 66.8 Å². The first-order valence-corrected chi connectivity index (χ1v) is 8.57. The Hall–Kier alpha value is 0.0800. The molecule has 2 rings (SSSR count). The number of ether oxygens (including phenoxy) is 1. The van der Waals surface area contributed by atoms with Crippen molar-refractivity contribution in [1.29, 1.82) is 0 Å². The van der Waals surface area contributed by atoms with Gasteiger partial charge in [-0.2, -0.15) is 0 Å². The smallest absolute Gasteiger partial charge is 0.139 e. The predicted molar refractivity (Wildman–Crippen MR) is 90.4 cm³/mol. The van der Waals surface area contributed by atoms with Gasteiger partial charge in [0.15, 0.2) is 0 Å². The molecule has 1 aliphatic carbocycles. The molecule has 1 aromatic carbocycles. The molecule has 0 aliphatic heterocycles. The molecule has 0 saturated heterocycles. The van der Waals surface area contributed by atoms with Crippen LogP contribution in [-0.4, -0.2) is 6.61 Å². The highest BCUT2D eigenvalue weighted by Gasteiger charge is 2.67. The van der Waals surface area contributed by atoms with E-state index in [0.717, 1.165) is 5.56 Å². The number of hydrogen-bond donors (Lipinski definition) is 0. The lowest BCUT2D eigenvalue weighted by Crippen LogP contribution is -2.01. The summed E-state index contributed by atoms with van der Waals surface area (Å²) in [4.78, 5) is 0.202. The van der Waals surface area contributed by atoms with E-state index in [1.165, 1.54) is 0 Å². The van der Waals surface area contributed by atoms with Crippen molar-refractivity contribution in [2.45, 2.75) is 39.4 Å². The Balaban J connectivity index is 2.33. The van der Waals surface area contributed by atoms with Gasteiger partial charge in [-0.3, -0.25) is 0 Å². The van der Waals surface area contributed by atoms with Crippen molar-refractivity contribution in [2.75, 3.05) is 6.61 Å². The van der Waals surface area contributed by atoms with Gasteiger partial charge in [0, 0.05) is 15.9 Å². The topological polar surface area (TPSA) is 9.23 Å². The van der Waals surface area contributed by atoms with E-state index >= 15 is 0 Å². The van der Waals surface area contributed by atoms with Gasteiger partial charge >= 0.3 is 0 Å². The van der Waals surface area contributed by atoms with Crippen molar-refractivity contribution in [3.8, 4) is 5.75 Å². The molecule has 1 nitrogen and oxygen atoms in total. The molecule has 1 aromatic rings. The van der Waals surface area contributed by atoms with Crippen LogP contribution in [0.5, 0.6) is 5.75 Å².